The van der Waals surface area contributed by atoms with Gasteiger partial charge in [-0.15, -0.1) is 11.3 Å². The van der Waals surface area contributed by atoms with Crippen LogP contribution in [-0.2, 0) is 11.3 Å². The van der Waals surface area contributed by atoms with Gasteiger partial charge in [0.05, 0.1) is 20.7 Å². The average Bonchev–Trinajstić information content (AvgIpc) is 2.97. The number of nitrogens with one attached hydrogen (secondary N) is 1. The fraction of sp³-hybridized carbons (Fsp3) is 0.400. The van der Waals surface area contributed by atoms with Crippen molar-refractivity contribution in [2.45, 2.75) is 57.5 Å². The molecule has 10 heteroatoms. The number of nitrogens with zero attached hydrogens (tertiary/aromatic N) is 3. The number of fused-ring (bicyclic) bond motifs is 1. The zero-order valence-corrected chi connectivity index (χ0v) is 20.2. The molecular formula is C20H22Cl2N4O2S2. The van der Waals surface area contributed by atoms with Gasteiger partial charge in [0.15, 0.2) is 11.0 Å². The highest BCUT2D eigenvalue weighted by Gasteiger charge is 2.22. The van der Waals surface area contributed by atoms with E-state index in [-0.39, 0.29) is 22.3 Å². The van der Waals surface area contributed by atoms with Crippen molar-refractivity contribution in [1.82, 2.24) is 14.5 Å². The number of anilines is 1. The minimum absolute atomic E-state index is 0.0483. The topological polar surface area (TPSA) is 76.9 Å². The molecular weight excluding hydrogens is 463 g/mol. The zero-order chi connectivity index (χ0) is 22.0. The first kappa shape index (κ1) is 23.1. The van der Waals surface area contributed by atoms with E-state index in [9.17, 15) is 9.59 Å². The van der Waals surface area contributed by atoms with Crippen molar-refractivity contribution in [3.63, 3.8) is 0 Å². The lowest BCUT2D eigenvalue weighted by Crippen LogP contribution is -2.27. The van der Waals surface area contributed by atoms with Crippen LogP contribution in [0.2, 0.25) is 10.0 Å². The van der Waals surface area contributed by atoms with Crippen LogP contribution in [0, 0.1) is 13.8 Å². The molecule has 0 aliphatic heterocycles. The number of aryl methyl sites for hydroxylation is 2. The van der Waals surface area contributed by atoms with Gasteiger partial charge in [-0.1, -0.05) is 48.3 Å². The maximum absolute atomic E-state index is 13.2. The van der Waals surface area contributed by atoms with Gasteiger partial charge in [0.25, 0.3) is 5.56 Å². The summed E-state index contributed by atoms with van der Waals surface area (Å²) in [7, 11) is 0. The Hall–Kier alpha value is -1.61. The SMILES string of the molecule is CCCCn1c(SC(C)C(=O)Nc2ncc(Cl)cc2Cl)nc2sc(C)c(C)c2c1=O. The number of thiophene rings is 1. The summed E-state index contributed by atoms with van der Waals surface area (Å²) >= 11 is 14.7. The van der Waals surface area contributed by atoms with Gasteiger partial charge in [-0.3, -0.25) is 14.2 Å². The number of hydrogen-bond acceptors (Lipinski definition) is 6. The second kappa shape index (κ2) is 9.68. The van der Waals surface area contributed by atoms with Crippen LogP contribution in [0.25, 0.3) is 10.2 Å². The molecule has 0 bridgehead atoms. The Kier molecular flexibility index (Phi) is 7.44. The molecule has 1 unspecified atom stereocenters. The highest BCUT2D eigenvalue weighted by atomic mass is 35.5. The Morgan fingerprint density at radius 3 is 2.77 bits per heavy atom. The molecule has 6 nitrogen and oxygen atoms in total. The van der Waals surface area contributed by atoms with Crippen LogP contribution in [-0.4, -0.2) is 25.7 Å². The molecule has 0 aromatic carbocycles. The third kappa shape index (κ3) is 4.82. The highest BCUT2D eigenvalue weighted by Crippen LogP contribution is 2.30. The number of rotatable bonds is 7. The lowest BCUT2D eigenvalue weighted by Gasteiger charge is -2.16. The van der Waals surface area contributed by atoms with Crippen LogP contribution in [0.1, 0.15) is 37.1 Å². The summed E-state index contributed by atoms with van der Waals surface area (Å²) in [5.74, 6) is -0.0403. The highest BCUT2D eigenvalue weighted by molar-refractivity contribution is 8.00. The van der Waals surface area contributed by atoms with Crippen LogP contribution >= 0.6 is 46.3 Å². The standard InChI is InChI=1S/C20H22Cl2N4O2S2/c1-5-6-7-26-19(28)15-10(2)11(3)29-18(15)25-20(26)30-12(4)17(27)24-16-14(22)8-13(21)9-23-16/h8-9,12H,5-7H2,1-4H3,(H,23,24,27). The monoisotopic (exact) mass is 484 g/mol. The summed E-state index contributed by atoms with van der Waals surface area (Å²) in [4.78, 5) is 36.5. The second-order valence-electron chi connectivity index (χ2n) is 6.90. The molecule has 0 fully saturated rings. The lowest BCUT2D eigenvalue weighted by atomic mass is 10.2. The number of halogens is 2. The Morgan fingerprint density at radius 2 is 2.10 bits per heavy atom. The molecule has 3 aromatic heterocycles. The van der Waals surface area contributed by atoms with Crippen LogP contribution < -0.4 is 10.9 Å². The van der Waals surface area contributed by atoms with Gasteiger partial charge in [0.2, 0.25) is 5.91 Å². The number of unbranched alkanes of at least 4 members (excludes halogenated alkanes) is 1. The Bertz CT molecular complexity index is 1160. The molecule has 3 rings (SSSR count). The molecule has 160 valence electrons. The lowest BCUT2D eigenvalue weighted by molar-refractivity contribution is -0.115. The minimum atomic E-state index is -0.516. The van der Waals surface area contributed by atoms with Gasteiger partial charge in [-0.25, -0.2) is 9.97 Å². The number of thioether (sulfide) groups is 1. The fourth-order valence-corrected chi connectivity index (χ4v) is 5.28. The summed E-state index contributed by atoms with van der Waals surface area (Å²) < 4.78 is 1.69. The summed E-state index contributed by atoms with van der Waals surface area (Å²) in [6.07, 6.45) is 3.22. The predicted molar refractivity (Wildman–Crippen MR) is 126 cm³/mol. The van der Waals surface area contributed by atoms with Crippen molar-refractivity contribution in [1.29, 1.82) is 0 Å². The van der Waals surface area contributed by atoms with E-state index in [1.54, 1.807) is 11.5 Å². The normalized spacial score (nSPS) is 12.3. The van der Waals surface area contributed by atoms with E-state index < -0.39 is 5.25 Å². The molecule has 0 aliphatic carbocycles. The first-order valence-corrected chi connectivity index (χ1v) is 12.0. The molecule has 0 saturated heterocycles. The van der Waals surface area contributed by atoms with E-state index in [4.69, 9.17) is 28.2 Å². The summed E-state index contributed by atoms with van der Waals surface area (Å²) in [6, 6.07) is 1.52. The molecule has 3 aromatic rings. The summed E-state index contributed by atoms with van der Waals surface area (Å²) in [5, 5.41) is 4.06. The Labute approximate surface area is 193 Å². The smallest absolute Gasteiger partial charge is 0.263 e. The number of amides is 1. The number of aromatic nitrogens is 3. The zero-order valence-electron chi connectivity index (χ0n) is 17.1. The van der Waals surface area contributed by atoms with Crippen molar-refractivity contribution in [3.8, 4) is 0 Å². The van der Waals surface area contributed by atoms with Crippen molar-refractivity contribution < 1.29 is 4.79 Å². The van der Waals surface area contributed by atoms with E-state index in [1.165, 1.54) is 35.4 Å². The molecule has 0 saturated carbocycles. The molecule has 1 atom stereocenters. The molecule has 30 heavy (non-hydrogen) atoms. The van der Waals surface area contributed by atoms with Crippen LogP contribution in [0.5, 0.6) is 0 Å². The average molecular weight is 485 g/mol. The second-order valence-corrected chi connectivity index (χ2v) is 10.3. The number of pyridine rings is 1. The van der Waals surface area contributed by atoms with Gasteiger partial charge >= 0.3 is 0 Å². The maximum atomic E-state index is 13.2. The quantitative estimate of drug-likeness (QED) is 0.343. The van der Waals surface area contributed by atoms with E-state index in [2.05, 4.69) is 17.2 Å². The molecule has 0 radical (unpaired) electrons. The number of carbonyl (C=O) groups excluding carboxylic acids is 1. The van der Waals surface area contributed by atoms with Crippen molar-refractivity contribution in [3.05, 3.63) is 43.1 Å². The summed E-state index contributed by atoms with van der Waals surface area (Å²) in [6.45, 7) is 8.34. The molecule has 3 heterocycles. The van der Waals surface area contributed by atoms with Gasteiger partial charge in [0.1, 0.15) is 4.83 Å². The van der Waals surface area contributed by atoms with Gasteiger partial charge in [0, 0.05) is 17.6 Å². The number of hydrogen-bond donors (Lipinski definition) is 1. The van der Waals surface area contributed by atoms with Crippen molar-refractivity contribution in [2.75, 3.05) is 5.32 Å². The molecule has 0 spiro atoms. The van der Waals surface area contributed by atoms with Crippen molar-refractivity contribution >= 4 is 68.2 Å². The van der Waals surface area contributed by atoms with E-state index >= 15 is 0 Å². The Morgan fingerprint density at radius 1 is 1.37 bits per heavy atom. The van der Waals surface area contributed by atoms with Crippen LogP contribution in [0.3, 0.4) is 0 Å². The third-order valence-electron chi connectivity index (χ3n) is 4.69. The van der Waals surface area contributed by atoms with Gasteiger partial charge in [-0.2, -0.15) is 0 Å². The first-order chi connectivity index (χ1) is 14.2. The van der Waals surface area contributed by atoms with E-state index in [0.29, 0.717) is 26.9 Å². The largest absolute Gasteiger partial charge is 0.308 e. The van der Waals surface area contributed by atoms with Crippen LogP contribution in [0.15, 0.2) is 22.2 Å². The van der Waals surface area contributed by atoms with Gasteiger partial charge < -0.3 is 5.32 Å². The molecule has 1 N–H and O–H groups in total. The Balaban J connectivity index is 1.91. The summed E-state index contributed by atoms with van der Waals surface area (Å²) in [5.41, 5.74) is 0.927. The maximum Gasteiger partial charge on any atom is 0.263 e. The molecule has 0 aliphatic rings. The van der Waals surface area contributed by atoms with Crippen molar-refractivity contribution in [2.24, 2.45) is 0 Å². The first-order valence-electron chi connectivity index (χ1n) is 9.52. The van der Waals surface area contributed by atoms with Crippen LogP contribution in [0.4, 0.5) is 5.82 Å². The van der Waals surface area contributed by atoms with E-state index in [1.807, 2.05) is 13.8 Å². The predicted octanol–water partition coefficient (Wildman–Crippen LogP) is 5.70. The minimum Gasteiger partial charge on any atom is -0.308 e. The molecule has 1 amide bonds. The van der Waals surface area contributed by atoms with Gasteiger partial charge in [-0.05, 0) is 38.8 Å². The third-order valence-corrected chi connectivity index (χ3v) is 7.38. The fourth-order valence-electron chi connectivity index (χ4n) is 2.85. The number of carbonyl (C=O) groups is 1. The van der Waals surface area contributed by atoms with E-state index in [0.717, 1.165) is 23.3 Å².